The zero-order valence-electron chi connectivity index (χ0n) is 11.4. The molecular weight excluding hydrogens is 310 g/mol. The van der Waals surface area contributed by atoms with Crippen molar-refractivity contribution >= 4 is 21.8 Å². The van der Waals surface area contributed by atoms with Gasteiger partial charge in [-0.05, 0) is 49.0 Å². The van der Waals surface area contributed by atoms with E-state index in [4.69, 9.17) is 4.74 Å². The van der Waals surface area contributed by atoms with Crippen molar-refractivity contribution in [3.05, 3.63) is 15.9 Å². The maximum absolute atomic E-state index is 11.7. The van der Waals surface area contributed by atoms with Crippen molar-refractivity contribution in [3.8, 4) is 0 Å². The molecule has 1 aromatic heterocycles. The molecule has 1 amide bonds. The second-order valence-electron chi connectivity index (χ2n) is 4.85. The molecule has 106 valence electrons. The van der Waals surface area contributed by atoms with Crippen LogP contribution in [0.1, 0.15) is 30.7 Å². The van der Waals surface area contributed by atoms with E-state index in [1.165, 1.54) is 0 Å². The van der Waals surface area contributed by atoms with Gasteiger partial charge < -0.3 is 10.1 Å². The van der Waals surface area contributed by atoms with Gasteiger partial charge in [-0.15, -0.1) is 0 Å². The Kier molecular flexibility index (Phi) is 4.99. The number of halogens is 1. The molecule has 1 aliphatic heterocycles. The number of carbonyl (C=O) groups is 1. The molecule has 0 bridgehead atoms. The van der Waals surface area contributed by atoms with Crippen LogP contribution in [0.3, 0.4) is 0 Å². The van der Waals surface area contributed by atoms with E-state index < -0.39 is 0 Å². The molecule has 0 spiro atoms. The average molecular weight is 330 g/mol. The van der Waals surface area contributed by atoms with Crippen LogP contribution in [-0.2, 0) is 16.1 Å². The predicted octanol–water partition coefficient (Wildman–Crippen LogP) is 1.95. The highest BCUT2D eigenvalue weighted by Gasteiger charge is 2.22. The zero-order chi connectivity index (χ0) is 13.8. The summed E-state index contributed by atoms with van der Waals surface area (Å²) in [5, 5.41) is 7.36. The Hall–Kier alpha value is -0.880. The van der Waals surface area contributed by atoms with Crippen molar-refractivity contribution in [1.82, 2.24) is 15.1 Å². The molecule has 2 rings (SSSR count). The molecule has 1 N–H and O–H groups in total. The zero-order valence-corrected chi connectivity index (χ0v) is 13.0. The maximum Gasteiger partial charge on any atom is 0.249 e. The lowest BCUT2D eigenvalue weighted by molar-refractivity contribution is -0.130. The summed E-state index contributed by atoms with van der Waals surface area (Å²) in [5.74, 6) is 0.0204. The fourth-order valence-electron chi connectivity index (χ4n) is 2.23. The number of aromatic nitrogens is 2. The first-order valence-corrected chi connectivity index (χ1v) is 7.47. The van der Waals surface area contributed by atoms with Gasteiger partial charge in [0.05, 0.1) is 10.2 Å². The third kappa shape index (κ3) is 3.57. The van der Waals surface area contributed by atoms with E-state index in [1.807, 2.05) is 18.5 Å². The quantitative estimate of drug-likeness (QED) is 0.840. The molecule has 0 aromatic carbocycles. The minimum Gasteiger partial charge on any atom is -0.368 e. The Bertz CT molecular complexity index is 453. The molecule has 1 atom stereocenters. The summed E-state index contributed by atoms with van der Waals surface area (Å²) in [6, 6.07) is 0. The first kappa shape index (κ1) is 14.5. The first-order valence-electron chi connectivity index (χ1n) is 6.68. The van der Waals surface area contributed by atoms with Gasteiger partial charge in [0.1, 0.15) is 6.10 Å². The highest BCUT2D eigenvalue weighted by Crippen LogP contribution is 2.19. The fourth-order valence-corrected chi connectivity index (χ4v) is 2.52. The fraction of sp³-hybridized carbons (Fsp3) is 0.692. The van der Waals surface area contributed by atoms with E-state index in [-0.39, 0.29) is 12.0 Å². The molecule has 5 nitrogen and oxygen atoms in total. The summed E-state index contributed by atoms with van der Waals surface area (Å²) < 4.78 is 8.37. The molecule has 1 fully saturated rings. The van der Waals surface area contributed by atoms with E-state index in [0.717, 1.165) is 41.7 Å². The lowest BCUT2D eigenvalue weighted by Crippen LogP contribution is -2.35. The van der Waals surface area contributed by atoms with Crippen molar-refractivity contribution < 1.29 is 9.53 Å². The highest BCUT2D eigenvalue weighted by atomic mass is 79.9. The number of aryl methyl sites for hydroxylation is 2. The number of carbonyl (C=O) groups excluding carboxylic acids is 1. The smallest absolute Gasteiger partial charge is 0.249 e. The topological polar surface area (TPSA) is 56.2 Å². The van der Waals surface area contributed by atoms with E-state index in [0.29, 0.717) is 13.2 Å². The number of hydrogen-bond acceptors (Lipinski definition) is 3. The summed E-state index contributed by atoms with van der Waals surface area (Å²) in [7, 11) is 0. The average Bonchev–Trinajstić information content (AvgIpc) is 3.00. The van der Waals surface area contributed by atoms with Gasteiger partial charge in [0.25, 0.3) is 0 Å². The van der Waals surface area contributed by atoms with Crippen molar-refractivity contribution in [1.29, 1.82) is 0 Å². The monoisotopic (exact) mass is 329 g/mol. The molecule has 0 aliphatic carbocycles. The number of hydrogen-bond donors (Lipinski definition) is 1. The summed E-state index contributed by atoms with van der Waals surface area (Å²) in [6.07, 6.45) is 2.46. The van der Waals surface area contributed by atoms with Gasteiger partial charge in [0.15, 0.2) is 0 Å². The normalized spacial score (nSPS) is 18.8. The van der Waals surface area contributed by atoms with Crippen molar-refractivity contribution in [2.45, 2.75) is 45.8 Å². The SMILES string of the molecule is Cc1nn(CCCNC(=O)[C@@H]2CCCO2)c(C)c1Br. The van der Waals surface area contributed by atoms with Gasteiger partial charge >= 0.3 is 0 Å². The maximum atomic E-state index is 11.7. The van der Waals surface area contributed by atoms with Gasteiger partial charge in [-0.25, -0.2) is 0 Å². The van der Waals surface area contributed by atoms with Gasteiger partial charge in [-0.1, -0.05) is 0 Å². The third-order valence-corrected chi connectivity index (χ3v) is 4.51. The Morgan fingerprint density at radius 3 is 2.95 bits per heavy atom. The van der Waals surface area contributed by atoms with E-state index in [9.17, 15) is 4.79 Å². The molecule has 19 heavy (non-hydrogen) atoms. The minimum absolute atomic E-state index is 0.0204. The van der Waals surface area contributed by atoms with Gasteiger partial charge in [0, 0.05) is 25.4 Å². The van der Waals surface area contributed by atoms with E-state index in [2.05, 4.69) is 26.3 Å². The van der Waals surface area contributed by atoms with Crippen LogP contribution in [0.4, 0.5) is 0 Å². The molecule has 0 saturated carbocycles. The van der Waals surface area contributed by atoms with E-state index >= 15 is 0 Å². The third-order valence-electron chi connectivity index (χ3n) is 3.36. The summed E-state index contributed by atoms with van der Waals surface area (Å²) >= 11 is 3.51. The number of nitrogens with one attached hydrogen (secondary N) is 1. The Morgan fingerprint density at radius 2 is 2.37 bits per heavy atom. The van der Waals surface area contributed by atoms with Crippen LogP contribution in [0.5, 0.6) is 0 Å². The molecule has 1 saturated heterocycles. The second kappa shape index (κ2) is 6.52. The molecule has 1 aromatic rings. The van der Waals surface area contributed by atoms with Crippen LogP contribution in [0, 0.1) is 13.8 Å². The highest BCUT2D eigenvalue weighted by molar-refractivity contribution is 9.10. The molecule has 0 unspecified atom stereocenters. The van der Waals surface area contributed by atoms with Gasteiger partial charge in [0.2, 0.25) is 5.91 Å². The predicted molar refractivity (Wildman–Crippen MR) is 76.0 cm³/mol. The molecule has 1 aliphatic rings. The van der Waals surface area contributed by atoms with Crippen LogP contribution in [0.2, 0.25) is 0 Å². The first-order chi connectivity index (χ1) is 9.09. The second-order valence-corrected chi connectivity index (χ2v) is 5.65. The molecule has 6 heteroatoms. The number of ether oxygens (including phenoxy) is 1. The Morgan fingerprint density at radius 1 is 1.58 bits per heavy atom. The van der Waals surface area contributed by atoms with Crippen molar-refractivity contribution in [3.63, 3.8) is 0 Å². The summed E-state index contributed by atoms with van der Waals surface area (Å²) in [6.45, 7) is 6.19. The van der Waals surface area contributed by atoms with Crippen molar-refractivity contribution in [2.75, 3.05) is 13.2 Å². The molecular formula is C13H20BrN3O2. The molecule has 2 heterocycles. The number of nitrogens with zero attached hydrogens (tertiary/aromatic N) is 2. The van der Waals surface area contributed by atoms with Crippen LogP contribution in [0.15, 0.2) is 4.47 Å². The number of amides is 1. The van der Waals surface area contributed by atoms with Crippen LogP contribution >= 0.6 is 15.9 Å². The number of rotatable bonds is 5. The summed E-state index contributed by atoms with van der Waals surface area (Å²) in [4.78, 5) is 11.7. The van der Waals surface area contributed by atoms with Crippen LogP contribution in [0.25, 0.3) is 0 Å². The summed E-state index contributed by atoms with van der Waals surface area (Å²) in [5.41, 5.74) is 2.13. The molecule has 0 radical (unpaired) electrons. The van der Waals surface area contributed by atoms with Gasteiger partial charge in [-0.2, -0.15) is 5.10 Å². The van der Waals surface area contributed by atoms with Gasteiger partial charge in [-0.3, -0.25) is 9.48 Å². The minimum atomic E-state index is -0.233. The van der Waals surface area contributed by atoms with Crippen LogP contribution in [-0.4, -0.2) is 34.9 Å². The largest absolute Gasteiger partial charge is 0.368 e. The standard InChI is InChI=1S/C13H20BrN3O2/c1-9-12(14)10(2)17(16-9)7-4-6-15-13(18)11-5-3-8-19-11/h11H,3-8H2,1-2H3,(H,15,18)/t11-/m0/s1. The van der Waals surface area contributed by atoms with Crippen LogP contribution < -0.4 is 5.32 Å². The Labute approximate surface area is 121 Å². The lowest BCUT2D eigenvalue weighted by Gasteiger charge is -2.10. The lowest BCUT2D eigenvalue weighted by atomic mass is 10.2. The van der Waals surface area contributed by atoms with Crippen molar-refractivity contribution in [2.24, 2.45) is 0 Å². The Balaban J connectivity index is 1.71. The van der Waals surface area contributed by atoms with E-state index in [1.54, 1.807) is 0 Å².